The average Bonchev–Trinajstić information content (AvgIpc) is 3.05. The SMILES string of the molecule is Nc1c(C(O)(c2nc3ccccc3s2)C(F)(F)F)ccc2ccccc12. The predicted octanol–water partition coefficient (Wildman–Crippen LogP) is 4.83. The number of halogens is 3. The molecule has 7 heteroatoms. The van der Waals surface area contributed by atoms with E-state index in [0.29, 0.717) is 21.0 Å². The van der Waals surface area contributed by atoms with Crippen molar-refractivity contribution in [1.82, 2.24) is 4.98 Å². The van der Waals surface area contributed by atoms with Crippen LogP contribution in [0, 0.1) is 0 Å². The van der Waals surface area contributed by atoms with Crippen LogP contribution in [0.25, 0.3) is 21.0 Å². The number of thiazole rings is 1. The molecule has 0 radical (unpaired) electrons. The Morgan fingerprint density at radius 1 is 0.923 bits per heavy atom. The predicted molar refractivity (Wildman–Crippen MR) is 97.0 cm³/mol. The zero-order valence-electron chi connectivity index (χ0n) is 13.3. The molecule has 3 aromatic carbocycles. The first-order valence-corrected chi connectivity index (χ1v) is 8.57. The highest BCUT2D eigenvalue weighted by atomic mass is 32.1. The summed E-state index contributed by atoms with van der Waals surface area (Å²) in [6.45, 7) is 0. The highest BCUT2D eigenvalue weighted by molar-refractivity contribution is 7.18. The molecule has 0 bridgehead atoms. The highest BCUT2D eigenvalue weighted by Crippen LogP contribution is 2.49. The van der Waals surface area contributed by atoms with Crippen LogP contribution in [0.3, 0.4) is 0 Å². The van der Waals surface area contributed by atoms with Crippen LogP contribution in [-0.2, 0) is 5.60 Å². The van der Waals surface area contributed by atoms with E-state index in [4.69, 9.17) is 5.73 Å². The van der Waals surface area contributed by atoms with E-state index in [1.807, 2.05) is 0 Å². The lowest BCUT2D eigenvalue weighted by Crippen LogP contribution is -2.43. The number of alkyl halides is 3. The number of rotatable bonds is 2. The molecule has 1 aromatic heterocycles. The molecular weight excluding hydrogens is 361 g/mol. The Morgan fingerprint density at radius 2 is 1.62 bits per heavy atom. The topological polar surface area (TPSA) is 59.1 Å². The van der Waals surface area contributed by atoms with E-state index in [1.165, 1.54) is 12.1 Å². The number of nitrogens with zero attached hydrogens (tertiary/aromatic N) is 1. The summed E-state index contributed by atoms with van der Waals surface area (Å²) < 4.78 is 42.7. The van der Waals surface area contributed by atoms with Gasteiger partial charge >= 0.3 is 6.18 Å². The van der Waals surface area contributed by atoms with Crippen molar-refractivity contribution >= 4 is 38.0 Å². The van der Waals surface area contributed by atoms with Crippen LogP contribution in [-0.4, -0.2) is 16.3 Å². The molecule has 4 rings (SSSR count). The first-order valence-electron chi connectivity index (χ1n) is 7.75. The molecule has 0 fully saturated rings. The Balaban J connectivity index is 2.03. The molecule has 0 aliphatic carbocycles. The minimum Gasteiger partial charge on any atom is -0.398 e. The molecule has 0 saturated carbocycles. The van der Waals surface area contributed by atoms with Crippen molar-refractivity contribution in [2.45, 2.75) is 11.8 Å². The zero-order chi connectivity index (χ0) is 18.5. The van der Waals surface area contributed by atoms with Crippen LogP contribution in [0.15, 0.2) is 60.7 Å². The van der Waals surface area contributed by atoms with Crippen LogP contribution in [0.5, 0.6) is 0 Å². The van der Waals surface area contributed by atoms with E-state index < -0.39 is 22.3 Å². The van der Waals surface area contributed by atoms with Crippen LogP contribution in [0.2, 0.25) is 0 Å². The second-order valence-corrected chi connectivity index (χ2v) is 6.97. The second-order valence-electron chi connectivity index (χ2n) is 5.94. The molecule has 1 heterocycles. The Morgan fingerprint density at radius 3 is 2.35 bits per heavy atom. The third-order valence-electron chi connectivity index (χ3n) is 4.37. The molecule has 26 heavy (non-hydrogen) atoms. The van der Waals surface area contributed by atoms with Crippen molar-refractivity contribution in [2.24, 2.45) is 0 Å². The number of hydrogen-bond donors (Lipinski definition) is 2. The molecule has 1 unspecified atom stereocenters. The van der Waals surface area contributed by atoms with Gasteiger partial charge in [-0.25, -0.2) is 4.98 Å². The summed E-state index contributed by atoms with van der Waals surface area (Å²) in [5.41, 5.74) is 2.64. The van der Waals surface area contributed by atoms with E-state index >= 15 is 0 Å². The molecule has 0 saturated heterocycles. The molecule has 0 spiro atoms. The molecule has 4 aromatic rings. The van der Waals surface area contributed by atoms with Gasteiger partial charge in [-0.3, -0.25) is 0 Å². The number of nitrogen functional groups attached to an aromatic ring is 1. The summed E-state index contributed by atoms with van der Waals surface area (Å²) in [6, 6.07) is 16.2. The van der Waals surface area contributed by atoms with E-state index in [0.717, 1.165) is 11.3 Å². The quantitative estimate of drug-likeness (QED) is 0.494. The highest BCUT2D eigenvalue weighted by Gasteiger charge is 2.59. The normalized spacial score (nSPS) is 14.6. The van der Waals surface area contributed by atoms with Gasteiger partial charge in [0.2, 0.25) is 5.60 Å². The van der Waals surface area contributed by atoms with Gasteiger partial charge in [0, 0.05) is 16.6 Å². The molecule has 0 aliphatic rings. The number of benzene rings is 3. The fourth-order valence-electron chi connectivity index (χ4n) is 3.03. The third-order valence-corrected chi connectivity index (χ3v) is 5.52. The Hall–Kier alpha value is -2.64. The Labute approximate surface area is 150 Å². The van der Waals surface area contributed by atoms with Gasteiger partial charge in [0.1, 0.15) is 5.01 Å². The van der Waals surface area contributed by atoms with Crippen LogP contribution in [0.1, 0.15) is 10.6 Å². The van der Waals surface area contributed by atoms with Crippen LogP contribution < -0.4 is 5.73 Å². The minimum absolute atomic E-state index is 0.109. The van der Waals surface area contributed by atoms with Gasteiger partial charge in [-0.15, -0.1) is 11.3 Å². The van der Waals surface area contributed by atoms with Gasteiger partial charge in [0.25, 0.3) is 0 Å². The minimum atomic E-state index is -4.99. The molecule has 3 nitrogen and oxygen atoms in total. The van der Waals surface area contributed by atoms with E-state index in [1.54, 1.807) is 48.5 Å². The standard InChI is InChI=1S/C19H13F3N2OS/c20-19(21,22)18(25,17-24-14-7-3-4-8-15(14)26-17)13-10-9-11-5-1-2-6-12(11)16(13)23/h1-10,25H,23H2. The third kappa shape index (κ3) is 2.35. The molecule has 0 aliphatic heterocycles. The van der Waals surface area contributed by atoms with E-state index in [9.17, 15) is 18.3 Å². The fourth-order valence-corrected chi connectivity index (χ4v) is 4.12. The summed E-state index contributed by atoms with van der Waals surface area (Å²) in [5, 5.41) is 11.6. The van der Waals surface area contributed by atoms with Crippen molar-refractivity contribution in [3.8, 4) is 0 Å². The molecule has 132 valence electrons. The number of nitrogens with two attached hydrogens (primary N) is 1. The van der Waals surface area contributed by atoms with Gasteiger partial charge in [-0.1, -0.05) is 48.5 Å². The Bertz CT molecular complexity index is 1090. The van der Waals surface area contributed by atoms with E-state index in [2.05, 4.69) is 4.98 Å². The summed E-state index contributed by atoms with van der Waals surface area (Å²) in [4.78, 5) is 4.04. The van der Waals surface area contributed by atoms with Crippen molar-refractivity contribution in [3.05, 3.63) is 71.2 Å². The fraction of sp³-hybridized carbons (Fsp3) is 0.105. The van der Waals surface area contributed by atoms with Gasteiger partial charge in [-0.05, 0) is 17.5 Å². The summed E-state index contributed by atoms with van der Waals surface area (Å²) in [7, 11) is 0. The number of fused-ring (bicyclic) bond motifs is 2. The zero-order valence-corrected chi connectivity index (χ0v) is 14.1. The number of aromatic nitrogens is 1. The molecule has 3 N–H and O–H groups in total. The lowest BCUT2D eigenvalue weighted by Gasteiger charge is -2.30. The number of para-hydroxylation sites is 1. The molecular formula is C19H13F3N2OS. The monoisotopic (exact) mass is 374 g/mol. The van der Waals surface area contributed by atoms with Crippen molar-refractivity contribution < 1.29 is 18.3 Å². The van der Waals surface area contributed by atoms with E-state index in [-0.39, 0.29) is 5.69 Å². The van der Waals surface area contributed by atoms with Gasteiger partial charge in [-0.2, -0.15) is 13.2 Å². The lowest BCUT2D eigenvalue weighted by atomic mass is 9.89. The maximum Gasteiger partial charge on any atom is 0.428 e. The summed E-state index contributed by atoms with van der Waals surface area (Å²) in [6.07, 6.45) is -4.99. The first kappa shape index (κ1) is 16.8. The lowest BCUT2D eigenvalue weighted by molar-refractivity contribution is -0.248. The molecule has 0 amide bonds. The number of aliphatic hydroxyl groups is 1. The first-order chi connectivity index (χ1) is 12.3. The summed E-state index contributed by atoms with van der Waals surface area (Å²) in [5.74, 6) is 0. The molecule has 1 atom stereocenters. The van der Waals surface area contributed by atoms with Crippen molar-refractivity contribution in [3.63, 3.8) is 0 Å². The van der Waals surface area contributed by atoms with Gasteiger partial charge < -0.3 is 10.8 Å². The second kappa shape index (κ2) is 5.69. The van der Waals surface area contributed by atoms with Gasteiger partial charge in [0.05, 0.1) is 10.2 Å². The number of hydrogen-bond acceptors (Lipinski definition) is 4. The van der Waals surface area contributed by atoms with Gasteiger partial charge in [0.15, 0.2) is 0 Å². The maximum atomic E-state index is 14.0. The maximum absolute atomic E-state index is 14.0. The smallest absolute Gasteiger partial charge is 0.398 e. The van der Waals surface area contributed by atoms with Crippen molar-refractivity contribution in [1.29, 1.82) is 0 Å². The largest absolute Gasteiger partial charge is 0.428 e. The van der Waals surface area contributed by atoms with Crippen molar-refractivity contribution in [2.75, 3.05) is 5.73 Å². The van der Waals surface area contributed by atoms with Crippen LogP contribution in [0.4, 0.5) is 18.9 Å². The summed E-state index contributed by atoms with van der Waals surface area (Å²) >= 11 is 0.803. The van der Waals surface area contributed by atoms with Crippen LogP contribution >= 0.6 is 11.3 Å². The number of anilines is 1. The average molecular weight is 374 g/mol. The Kier molecular flexibility index (Phi) is 3.68.